The lowest BCUT2D eigenvalue weighted by Crippen LogP contribution is -2.54. The number of hydrogen-bond donors (Lipinski definition) is 0. The molecule has 1 aliphatic carbocycles. The van der Waals surface area contributed by atoms with Crippen molar-refractivity contribution in [3.8, 4) is 5.75 Å². The van der Waals surface area contributed by atoms with Gasteiger partial charge in [-0.1, -0.05) is 48.4 Å². The van der Waals surface area contributed by atoms with Crippen molar-refractivity contribution in [2.24, 2.45) is 5.10 Å². The Morgan fingerprint density at radius 3 is 2.56 bits per heavy atom. The van der Waals surface area contributed by atoms with Crippen LogP contribution in [0.25, 0.3) is 0 Å². The average Bonchev–Trinajstić information content (AvgIpc) is 3.10. The highest BCUT2D eigenvalue weighted by Gasteiger charge is 2.50. The van der Waals surface area contributed by atoms with E-state index >= 15 is 0 Å². The molecule has 0 bridgehead atoms. The van der Waals surface area contributed by atoms with Gasteiger partial charge in [0.05, 0.1) is 11.8 Å². The summed E-state index contributed by atoms with van der Waals surface area (Å²) in [5, 5.41) is 8.11. The number of benzene rings is 2. The van der Waals surface area contributed by atoms with Crippen LogP contribution in [0.4, 0.5) is 0 Å². The predicted octanol–water partition coefficient (Wildman–Crippen LogP) is 5.54. The molecular formula is C21H21ClN2O. The van der Waals surface area contributed by atoms with Gasteiger partial charge in [-0.25, -0.2) is 5.01 Å². The molecule has 5 rings (SSSR count). The van der Waals surface area contributed by atoms with Crippen molar-refractivity contribution in [1.82, 2.24) is 5.01 Å². The minimum Gasteiger partial charge on any atom is -0.466 e. The molecule has 0 radical (unpaired) electrons. The van der Waals surface area contributed by atoms with Crippen LogP contribution in [-0.4, -0.2) is 16.4 Å². The van der Waals surface area contributed by atoms with E-state index < -0.39 is 0 Å². The van der Waals surface area contributed by atoms with Crippen LogP contribution in [0.2, 0.25) is 5.02 Å². The molecule has 0 aromatic heterocycles. The number of halogens is 1. The third-order valence-electron chi connectivity index (χ3n) is 5.72. The van der Waals surface area contributed by atoms with E-state index in [1.165, 1.54) is 24.8 Å². The van der Waals surface area contributed by atoms with E-state index in [1.807, 2.05) is 12.1 Å². The van der Waals surface area contributed by atoms with Crippen LogP contribution < -0.4 is 4.74 Å². The Kier molecular flexibility index (Phi) is 3.53. The molecule has 1 spiro atoms. The summed E-state index contributed by atoms with van der Waals surface area (Å²) < 4.78 is 6.58. The lowest BCUT2D eigenvalue weighted by atomic mass is 9.86. The van der Waals surface area contributed by atoms with Crippen LogP contribution in [0.1, 0.15) is 55.7 Å². The predicted molar refractivity (Wildman–Crippen MR) is 100 cm³/mol. The van der Waals surface area contributed by atoms with Gasteiger partial charge in [0.15, 0.2) is 5.72 Å². The molecule has 0 unspecified atom stereocenters. The highest BCUT2D eigenvalue weighted by Crippen LogP contribution is 2.51. The van der Waals surface area contributed by atoms with Gasteiger partial charge in [-0.2, -0.15) is 5.10 Å². The summed E-state index contributed by atoms with van der Waals surface area (Å²) in [6.45, 7) is 0. The number of hydrogen-bond acceptors (Lipinski definition) is 3. The van der Waals surface area contributed by atoms with Gasteiger partial charge < -0.3 is 4.74 Å². The molecule has 0 N–H and O–H groups in total. The number of fused-ring (bicyclic) bond motifs is 4. The number of nitrogens with zero attached hydrogens (tertiary/aromatic N) is 2. The van der Waals surface area contributed by atoms with Crippen molar-refractivity contribution < 1.29 is 4.74 Å². The van der Waals surface area contributed by atoms with Crippen LogP contribution in [-0.2, 0) is 0 Å². The summed E-state index contributed by atoms with van der Waals surface area (Å²) in [6.07, 6.45) is 6.72. The van der Waals surface area contributed by atoms with Gasteiger partial charge in [0.25, 0.3) is 0 Å². The molecule has 3 aliphatic rings. The summed E-state index contributed by atoms with van der Waals surface area (Å²) in [4.78, 5) is 0. The quantitative estimate of drug-likeness (QED) is 0.672. The van der Waals surface area contributed by atoms with Gasteiger partial charge in [0, 0.05) is 29.8 Å². The molecule has 2 aliphatic heterocycles. The van der Waals surface area contributed by atoms with Crippen molar-refractivity contribution >= 4 is 17.3 Å². The first-order valence-corrected chi connectivity index (χ1v) is 9.54. The van der Waals surface area contributed by atoms with Crippen LogP contribution in [0.3, 0.4) is 0 Å². The molecule has 1 atom stereocenters. The molecule has 2 aromatic carbocycles. The fourth-order valence-electron chi connectivity index (χ4n) is 4.48. The second-order valence-electron chi connectivity index (χ2n) is 7.26. The van der Waals surface area contributed by atoms with E-state index in [4.69, 9.17) is 21.4 Å². The van der Waals surface area contributed by atoms with Crippen LogP contribution in [0.15, 0.2) is 53.6 Å². The third-order valence-corrected chi connectivity index (χ3v) is 5.97. The van der Waals surface area contributed by atoms with E-state index in [-0.39, 0.29) is 11.8 Å². The normalized spacial score (nSPS) is 23.6. The smallest absolute Gasteiger partial charge is 0.198 e. The zero-order valence-corrected chi connectivity index (χ0v) is 14.9. The summed E-state index contributed by atoms with van der Waals surface area (Å²) in [5.74, 6) is 1.04. The minimum atomic E-state index is -0.272. The van der Waals surface area contributed by atoms with Gasteiger partial charge in [-0.3, -0.25) is 0 Å². The van der Waals surface area contributed by atoms with Gasteiger partial charge in [-0.05, 0) is 36.6 Å². The molecule has 0 saturated heterocycles. The van der Waals surface area contributed by atoms with Gasteiger partial charge >= 0.3 is 0 Å². The molecule has 1 fully saturated rings. The van der Waals surface area contributed by atoms with Crippen molar-refractivity contribution in [3.05, 3.63) is 64.7 Å². The zero-order chi connectivity index (χ0) is 16.9. The van der Waals surface area contributed by atoms with E-state index in [1.54, 1.807) is 0 Å². The lowest BCUT2D eigenvalue weighted by molar-refractivity contribution is -0.140. The lowest BCUT2D eigenvalue weighted by Gasteiger charge is -2.49. The van der Waals surface area contributed by atoms with Crippen molar-refractivity contribution in [2.75, 3.05) is 0 Å². The Morgan fingerprint density at radius 2 is 1.76 bits per heavy atom. The molecule has 0 amide bonds. The molecule has 25 heavy (non-hydrogen) atoms. The fourth-order valence-corrected chi connectivity index (χ4v) is 4.61. The summed E-state index contributed by atoms with van der Waals surface area (Å²) in [7, 11) is 0. The minimum absolute atomic E-state index is 0.272. The summed E-state index contributed by atoms with van der Waals surface area (Å²) in [6, 6.07) is 16.8. The van der Waals surface area contributed by atoms with Gasteiger partial charge in [0.2, 0.25) is 0 Å². The van der Waals surface area contributed by atoms with E-state index in [9.17, 15) is 0 Å². The number of hydrazone groups is 1. The maximum Gasteiger partial charge on any atom is 0.198 e. The molecule has 4 heteroatoms. The van der Waals surface area contributed by atoms with E-state index in [2.05, 4.69) is 41.4 Å². The molecule has 3 nitrogen and oxygen atoms in total. The highest BCUT2D eigenvalue weighted by molar-refractivity contribution is 6.30. The second kappa shape index (κ2) is 5.77. The molecular weight excluding hydrogens is 332 g/mol. The first-order chi connectivity index (χ1) is 12.3. The van der Waals surface area contributed by atoms with Gasteiger partial charge in [-0.15, -0.1) is 0 Å². The van der Waals surface area contributed by atoms with Crippen molar-refractivity contribution in [2.45, 2.75) is 50.3 Å². The zero-order valence-electron chi connectivity index (χ0n) is 14.1. The third kappa shape index (κ3) is 2.44. The number of para-hydroxylation sites is 1. The maximum atomic E-state index is 6.58. The number of rotatable bonds is 1. The molecule has 2 aromatic rings. The van der Waals surface area contributed by atoms with Crippen LogP contribution in [0, 0.1) is 0 Å². The Morgan fingerprint density at radius 1 is 1.00 bits per heavy atom. The fraction of sp³-hybridized carbons (Fsp3) is 0.381. The average molecular weight is 353 g/mol. The highest BCUT2D eigenvalue weighted by atomic mass is 35.5. The second-order valence-corrected chi connectivity index (χ2v) is 7.70. The molecule has 128 valence electrons. The molecule has 2 heterocycles. The van der Waals surface area contributed by atoms with Gasteiger partial charge in [0.1, 0.15) is 5.75 Å². The monoisotopic (exact) mass is 352 g/mol. The largest absolute Gasteiger partial charge is 0.466 e. The molecule has 1 saturated carbocycles. The maximum absolute atomic E-state index is 6.58. The SMILES string of the molecule is Clc1ccc(C2=NN3[C@H](C2)c2ccccc2OC32CCCCC2)cc1. The Balaban J connectivity index is 1.59. The Labute approximate surface area is 153 Å². The topological polar surface area (TPSA) is 24.8 Å². The van der Waals surface area contributed by atoms with Crippen LogP contribution in [0.5, 0.6) is 5.75 Å². The van der Waals surface area contributed by atoms with Crippen molar-refractivity contribution in [1.29, 1.82) is 0 Å². The summed E-state index contributed by atoms with van der Waals surface area (Å²) in [5.41, 5.74) is 3.27. The number of ether oxygens (including phenoxy) is 1. The Hall–Kier alpha value is -2.00. The van der Waals surface area contributed by atoms with Crippen molar-refractivity contribution in [3.63, 3.8) is 0 Å². The Bertz CT molecular complexity index is 824. The van der Waals surface area contributed by atoms with Crippen LogP contribution >= 0.6 is 11.6 Å². The first kappa shape index (κ1) is 15.3. The van der Waals surface area contributed by atoms with E-state index in [0.717, 1.165) is 41.3 Å². The van der Waals surface area contributed by atoms with E-state index in [0.29, 0.717) is 0 Å². The summed E-state index contributed by atoms with van der Waals surface area (Å²) >= 11 is 6.05. The first-order valence-electron chi connectivity index (χ1n) is 9.16. The standard InChI is InChI=1S/C21H21ClN2O/c22-16-10-8-15(9-11-16)18-14-19-17-6-2-3-7-20(17)25-21(24(19)23-18)12-4-1-5-13-21/h2-3,6-11,19H,1,4-5,12-14H2/t19-/m1/s1.